The van der Waals surface area contributed by atoms with Crippen LogP contribution in [-0.4, -0.2) is 23.1 Å². The molecule has 0 fully saturated rings. The highest BCUT2D eigenvalue weighted by Gasteiger charge is 2.21. The zero-order valence-corrected chi connectivity index (χ0v) is 14.9. The Morgan fingerprint density at radius 1 is 1.16 bits per heavy atom. The summed E-state index contributed by atoms with van der Waals surface area (Å²) in [6.45, 7) is 2.83. The van der Waals surface area contributed by atoms with Crippen molar-refractivity contribution in [1.29, 1.82) is 0 Å². The first kappa shape index (κ1) is 16.4. The molecule has 2 nitrogen and oxygen atoms in total. The Hall–Kier alpha value is -2.10. The molecule has 0 radical (unpaired) electrons. The van der Waals surface area contributed by atoms with Crippen LogP contribution in [0.25, 0.3) is 17.0 Å². The normalized spacial score (nSPS) is 15.2. The molecule has 0 spiro atoms. The van der Waals surface area contributed by atoms with Gasteiger partial charge in [-0.25, -0.2) is 4.39 Å². The summed E-state index contributed by atoms with van der Waals surface area (Å²) in [6.07, 6.45) is 5.23. The van der Waals surface area contributed by atoms with Crippen LogP contribution in [-0.2, 0) is 19.5 Å². The monoisotopic (exact) mass is 354 g/mol. The van der Waals surface area contributed by atoms with Crippen LogP contribution in [0.4, 0.5) is 4.39 Å². The molecule has 2 heterocycles. The molecular formula is C21H20ClFN2. The number of fused-ring (bicyclic) bond motifs is 3. The lowest BCUT2D eigenvalue weighted by atomic mass is 10.1. The molecule has 0 aliphatic carbocycles. The second-order valence-corrected chi connectivity index (χ2v) is 7.08. The molecule has 4 heteroatoms. The summed E-state index contributed by atoms with van der Waals surface area (Å²) >= 11 is 6.24. The number of likely N-dealkylation sites (N-methyl/N-ethyl adjacent to an activating group) is 1. The van der Waals surface area contributed by atoms with Crippen LogP contribution in [0.1, 0.15) is 16.8 Å². The SMILES string of the molecule is CN1CCc2c(c3cc(Cl)ccc3n2CC=Cc2ccc(F)cc2)C1. The maximum Gasteiger partial charge on any atom is 0.123 e. The first-order chi connectivity index (χ1) is 12.1. The molecule has 3 aromatic rings. The van der Waals surface area contributed by atoms with Gasteiger partial charge in [0.1, 0.15) is 5.82 Å². The van der Waals surface area contributed by atoms with E-state index in [4.69, 9.17) is 11.6 Å². The average Bonchev–Trinajstić information content (AvgIpc) is 2.89. The summed E-state index contributed by atoms with van der Waals surface area (Å²) in [5.74, 6) is -0.205. The maximum atomic E-state index is 13.0. The largest absolute Gasteiger partial charge is 0.340 e. The van der Waals surface area contributed by atoms with Gasteiger partial charge in [-0.1, -0.05) is 35.9 Å². The Kier molecular flexibility index (Phi) is 4.36. The Balaban J connectivity index is 1.70. The fraction of sp³-hybridized carbons (Fsp3) is 0.238. The highest BCUT2D eigenvalue weighted by Crippen LogP contribution is 2.32. The van der Waals surface area contributed by atoms with Crippen molar-refractivity contribution in [3.05, 3.63) is 76.2 Å². The van der Waals surface area contributed by atoms with Crippen molar-refractivity contribution in [2.45, 2.75) is 19.5 Å². The van der Waals surface area contributed by atoms with E-state index in [0.717, 1.165) is 36.6 Å². The third kappa shape index (κ3) is 3.22. The summed E-state index contributed by atoms with van der Waals surface area (Å²) in [7, 11) is 2.16. The van der Waals surface area contributed by atoms with Gasteiger partial charge < -0.3 is 9.47 Å². The molecule has 25 heavy (non-hydrogen) atoms. The van der Waals surface area contributed by atoms with E-state index in [1.54, 1.807) is 12.1 Å². The number of rotatable bonds is 3. The number of nitrogens with zero attached hydrogens (tertiary/aromatic N) is 2. The number of halogens is 2. The van der Waals surface area contributed by atoms with Gasteiger partial charge in [0.15, 0.2) is 0 Å². The van der Waals surface area contributed by atoms with Gasteiger partial charge in [-0.15, -0.1) is 0 Å². The number of allylic oxidation sites excluding steroid dienone is 1. The van der Waals surface area contributed by atoms with Crippen LogP contribution >= 0.6 is 11.6 Å². The van der Waals surface area contributed by atoms with Crippen molar-refractivity contribution >= 4 is 28.6 Å². The van der Waals surface area contributed by atoms with Gasteiger partial charge in [0.2, 0.25) is 0 Å². The Labute approximate surface area is 152 Å². The fourth-order valence-corrected chi connectivity index (χ4v) is 3.81. The minimum atomic E-state index is -0.205. The molecule has 0 saturated carbocycles. The van der Waals surface area contributed by atoms with E-state index in [-0.39, 0.29) is 5.82 Å². The second kappa shape index (κ2) is 6.66. The molecule has 1 aromatic heterocycles. The van der Waals surface area contributed by atoms with E-state index in [0.29, 0.717) is 0 Å². The van der Waals surface area contributed by atoms with Crippen molar-refractivity contribution < 1.29 is 4.39 Å². The minimum Gasteiger partial charge on any atom is -0.340 e. The molecule has 0 saturated heterocycles. The minimum absolute atomic E-state index is 0.205. The van der Waals surface area contributed by atoms with Crippen LogP contribution in [0.5, 0.6) is 0 Å². The van der Waals surface area contributed by atoms with Gasteiger partial charge in [0.25, 0.3) is 0 Å². The summed E-state index contributed by atoms with van der Waals surface area (Å²) in [6, 6.07) is 12.7. The highest BCUT2D eigenvalue weighted by molar-refractivity contribution is 6.31. The van der Waals surface area contributed by atoms with E-state index in [1.807, 2.05) is 12.1 Å². The Morgan fingerprint density at radius 2 is 1.96 bits per heavy atom. The Bertz CT molecular complexity index is 941. The number of hydrogen-bond donors (Lipinski definition) is 0. The average molecular weight is 355 g/mol. The molecule has 1 aliphatic rings. The predicted molar refractivity (Wildman–Crippen MR) is 102 cm³/mol. The third-order valence-electron chi connectivity index (χ3n) is 4.88. The summed E-state index contributed by atoms with van der Waals surface area (Å²) < 4.78 is 15.4. The lowest BCUT2D eigenvalue weighted by molar-refractivity contribution is 0.310. The third-order valence-corrected chi connectivity index (χ3v) is 5.11. The van der Waals surface area contributed by atoms with Crippen molar-refractivity contribution in [3.63, 3.8) is 0 Å². The van der Waals surface area contributed by atoms with Crippen molar-refractivity contribution in [2.24, 2.45) is 0 Å². The number of hydrogen-bond acceptors (Lipinski definition) is 1. The van der Waals surface area contributed by atoms with E-state index >= 15 is 0 Å². The fourth-order valence-electron chi connectivity index (χ4n) is 3.63. The van der Waals surface area contributed by atoms with Crippen LogP contribution in [0.15, 0.2) is 48.5 Å². The standard InChI is InChI=1S/C21H20ClFN2/c1-24-12-10-21-19(14-24)18-13-16(22)6-9-20(18)25(21)11-2-3-15-4-7-17(23)8-5-15/h2-9,13H,10-12,14H2,1H3. The predicted octanol–water partition coefficient (Wildman–Crippen LogP) is 5.14. The van der Waals surface area contributed by atoms with Crippen LogP contribution in [0, 0.1) is 5.82 Å². The lowest BCUT2D eigenvalue weighted by Crippen LogP contribution is -2.27. The molecule has 0 unspecified atom stereocenters. The van der Waals surface area contributed by atoms with Crippen LogP contribution in [0.2, 0.25) is 5.02 Å². The maximum absolute atomic E-state index is 13.0. The molecule has 4 rings (SSSR count). The van der Waals surface area contributed by atoms with Crippen LogP contribution in [0.3, 0.4) is 0 Å². The molecule has 0 N–H and O–H groups in total. The molecular weight excluding hydrogens is 335 g/mol. The second-order valence-electron chi connectivity index (χ2n) is 6.64. The van der Waals surface area contributed by atoms with Gasteiger partial charge in [-0.3, -0.25) is 0 Å². The molecule has 0 atom stereocenters. The van der Waals surface area contributed by atoms with E-state index in [1.165, 1.54) is 34.3 Å². The van der Waals surface area contributed by atoms with Gasteiger partial charge >= 0.3 is 0 Å². The van der Waals surface area contributed by atoms with Crippen molar-refractivity contribution in [2.75, 3.05) is 13.6 Å². The molecule has 128 valence electrons. The first-order valence-electron chi connectivity index (χ1n) is 8.52. The molecule has 0 bridgehead atoms. The van der Waals surface area contributed by atoms with Gasteiger partial charge in [-0.2, -0.15) is 0 Å². The summed E-state index contributed by atoms with van der Waals surface area (Å²) in [5.41, 5.74) is 5.03. The van der Waals surface area contributed by atoms with Crippen LogP contribution < -0.4 is 0 Å². The Morgan fingerprint density at radius 3 is 2.76 bits per heavy atom. The zero-order valence-electron chi connectivity index (χ0n) is 14.2. The van der Waals surface area contributed by atoms with E-state index < -0.39 is 0 Å². The molecule has 2 aromatic carbocycles. The lowest BCUT2D eigenvalue weighted by Gasteiger charge is -2.24. The number of benzene rings is 2. The summed E-state index contributed by atoms with van der Waals surface area (Å²) in [5, 5.41) is 2.03. The topological polar surface area (TPSA) is 8.17 Å². The highest BCUT2D eigenvalue weighted by atomic mass is 35.5. The smallest absolute Gasteiger partial charge is 0.123 e. The quantitative estimate of drug-likeness (QED) is 0.632. The number of aromatic nitrogens is 1. The molecule has 0 amide bonds. The first-order valence-corrected chi connectivity index (χ1v) is 8.90. The van der Waals surface area contributed by atoms with Gasteiger partial charge in [-0.05, 0) is 48.5 Å². The zero-order chi connectivity index (χ0) is 17.4. The van der Waals surface area contributed by atoms with Crippen molar-refractivity contribution in [3.8, 4) is 0 Å². The van der Waals surface area contributed by atoms with Gasteiger partial charge in [0.05, 0.1) is 0 Å². The van der Waals surface area contributed by atoms with Gasteiger partial charge in [0, 0.05) is 47.7 Å². The summed E-state index contributed by atoms with van der Waals surface area (Å²) in [4.78, 5) is 2.35. The molecule has 1 aliphatic heterocycles. The van der Waals surface area contributed by atoms with Crippen molar-refractivity contribution in [1.82, 2.24) is 9.47 Å². The van der Waals surface area contributed by atoms with E-state index in [2.05, 4.69) is 34.7 Å². The van der Waals surface area contributed by atoms with E-state index in [9.17, 15) is 4.39 Å².